The van der Waals surface area contributed by atoms with E-state index in [2.05, 4.69) is 11.8 Å². The Hall–Kier alpha value is -2.32. The molecule has 0 saturated carbocycles. The zero-order chi connectivity index (χ0) is 15.2. The number of nitrogens with zero attached hydrogens (tertiary/aromatic N) is 2. The highest BCUT2D eigenvalue weighted by Crippen LogP contribution is 2.11. The molecule has 1 heterocycles. The van der Waals surface area contributed by atoms with Crippen molar-refractivity contribution in [3.8, 4) is 11.8 Å². The summed E-state index contributed by atoms with van der Waals surface area (Å²) in [5, 5.41) is 8.70. The molecule has 110 valence electrons. The summed E-state index contributed by atoms with van der Waals surface area (Å²) in [5.41, 5.74) is 1.29. The van der Waals surface area contributed by atoms with Crippen LogP contribution < -0.4 is 0 Å². The topological polar surface area (TPSA) is 60.9 Å². The highest BCUT2D eigenvalue weighted by molar-refractivity contribution is 5.94. The van der Waals surface area contributed by atoms with Crippen molar-refractivity contribution in [1.82, 2.24) is 9.80 Å². The normalized spacial score (nSPS) is 14.4. The Morgan fingerprint density at radius 1 is 1.19 bits per heavy atom. The predicted molar refractivity (Wildman–Crippen MR) is 78.6 cm³/mol. The number of piperazine rings is 1. The summed E-state index contributed by atoms with van der Waals surface area (Å²) in [7, 11) is 0. The summed E-state index contributed by atoms with van der Waals surface area (Å²) in [6, 6.07) is 7.06. The first-order chi connectivity index (χ1) is 10.1. The van der Waals surface area contributed by atoms with Crippen molar-refractivity contribution >= 4 is 11.8 Å². The van der Waals surface area contributed by atoms with Gasteiger partial charge >= 0.3 is 0 Å². The standard InChI is InChI=1S/C16H18N2O3/c1-13(20)17-7-9-18(10-8-17)16(21)15-6-2-4-14(12-15)5-3-11-19/h2,4,6,12,19H,7-11H2,1H3. The highest BCUT2D eigenvalue weighted by atomic mass is 16.2. The van der Waals surface area contributed by atoms with E-state index in [1.54, 1.807) is 41.0 Å². The van der Waals surface area contributed by atoms with E-state index in [0.717, 1.165) is 0 Å². The number of carbonyl (C=O) groups excluding carboxylic acids is 2. The summed E-state index contributed by atoms with van der Waals surface area (Å²) in [6.45, 7) is 3.58. The van der Waals surface area contributed by atoms with Crippen molar-refractivity contribution in [2.24, 2.45) is 0 Å². The van der Waals surface area contributed by atoms with Gasteiger partial charge in [0.1, 0.15) is 6.61 Å². The molecule has 21 heavy (non-hydrogen) atoms. The Balaban J connectivity index is 2.05. The molecule has 2 amide bonds. The number of aliphatic hydroxyl groups is 1. The Labute approximate surface area is 124 Å². The SMILES string of the molecule is CC(=O)N1CCN(C(=O)c2cccc(C#CCO)c2)CC1. The van der Waals surface area contributed by atoms with Crippen LogP contribution in [0.3, 0.4) is 0 Å². The van der Waals surface area contributed by atoms with E-state index >= 15 is 0 Å². The largest absolute Gasteiger partial charge is 0.384 e. The second-order valence-corrected chi connectivity index (χ2v) is 4.84. The van der Waals surface area contributed by atoms with Crippen LogP contribution in [0.1, 0.15) is 22.8 Å². The van der Waals surface area contributed by atoms with Gasteiger partial charge in [0, 0.05) is 44.2 Å². The molecular weight excluding hydrogens is 268 g/mol. The molecule has 1 N–H and O–H groups in total. The van der Waals surface area contributed by atoms with Gasteiger partial charge in [-0.2, -0.15) is 0 Å². The second-order valence-electron chi connectivity index (χ2n) is 4.84. The summed E-state index contributed by atoms with van der Waals surface area (Å²) in [4.78, 5) is 27.2. The Morgan fingerprint density at radius 2 is 1.86 bits per heavy atom. The lowest BCUT2D eigenvalue weighted by Crippen LogP contribution is -2.50. The van der Waals surface area contributed by atoms with Crippen LogP contribution in [0.5, 0.6) is 0 Å². The number of rotatable bonds is 1. The van der Waals surface area contributed by atoms with E-state index in [1.165, 1.54) is 0 Å². The molecule has 5 nitrogen and oxygen atoms in total. The summed E-state index contributed by atoms with van der Waals surface area (Å²) >= 11 is 0. The third-order valence-corrected chi connectivity index (χ3v) is 3.43. The molecule has 2 rings (SSSR count). The van der Waals surface area contributed by atoms with Crippen molar-refractivity contribution in [2.45, 2.75) is 6.92 Å². The number of benzene rings is 1. The van der Waals surface area contributed by atoms with E-state index in [9.17, 15) is 9.59 Å². The molecule has 1 aliphatic rings. The minimum atomic E-state index is -0.203. The summed E-state index contributed by atoms with van der Waals surface area (Å²) in [5.74, 6) is 5.35. The maximum absolute atomic E-state index is 12.4. The van der Waals surface area contributed by atoms with Crippen LogP contribution in [-0.2, 0) is 4.79 Å². The van der Waals surface area contributed by atoms with Gasteiger partial charge in [0.05, 0.1) is 0 Å². The third kappa shape index (κ3) is 3.83. The van der Waals surface area contributed by atoms with Crippen LogP contribution in [0, 0.1) is 11.8 Å². The molecular formula is C16H18N2O3. The van der Waals surface area contributed by atoms with Gasteiger partial charge in [0.25, 0.3) is 5.91 Å². The first kappa shape index (κ1) is 15.1. The van der Waals surface area contributed by atoms with Gasteiger partial charge in [-0.25, -0.2) is 0 Å². The van der Waals surface area contributed by atoms with E-state index < -0.39 is 0 Å². The monoisotopic (exact) mass is 286 g/mol. The number of carbonyl (C=O) groups is 2. The van der Waals surface area contributed by atoms with E-state index in [4.69, 9.17) is 5.11 Å². The first-order valence-electron chi connectivity index (χ1n) is 6.86. The van der Waals surface area contributed by atoms with Gasteiger partial charge in [-0.15, -0.1) is 0 Å². The lowest BCUT2D eigenvalue weighted by molar-refractivity contribution is -0.130. The van der Waals surface area contributed by atoms with Gasteiger partial charge in [0.2, 0.25) is 5.91 Å². The van der Waals surface area contributed by atoms with Crippen molar-refractivity contribution in [3.63, 3.8) is 0 Å². The van der Waals surface area contributed by atoms with E-state index in [0.29, 0.717) is 37.3 Å². The molecule has 0 aliphatic carbocycles. The molecule has 1 aromatic rings. The fourth-order valence-corrected chi connectivity index (χ4v) is 2.28. The lowest BCUT2D eigenvalue weighted by atomic mass is 10.1. The van der Waals surface area contributed by atoms with Crippen molar-refractivity contribution < 1.29 is 14.7 Å². The lowest BCUT2D eigenvalue weighted by Gasteiger charge is -2.34. The van der Waals surface area contributed by atoms with Gasteiger partial charge in [-0.1, -0.05) is 17.9 Å². The zero-order valence-electron chi connectivity index (χ0n) is 12.0. The van der Waals surface area contributed by atoms with E-state index in [1.807, 2.05) is 0 Å². The highest BCUT2D eigenvalue weighted by Gasteiger charge is 2.23. The third-order valence-electron chi connectivity index (χ3n) is 3.43. The summed E-state index contributed by atoms with van der Waals surface area (Å²) < 4.78 is 0. The van der Waals surface area contributed by atoms with Gasteiger partial charge in [0.15, 0.2) is 0 Å². The van der Waals surface area contributed by atoms with Crippen LogP contribution in [0.2, 0.25) is 0 Å². The average Bonchev–Trinajstić information content (AvgIpc) is 2.52. The molecule has 0 radical (unpaired) electrons. The van der Waals surface area contributed by atoms with Crippen LogP contribution in [0.15, 0.2) is 24.3 Å². The fraction of sp³-hybridized carbons (Fsp3) is 0.375. The van der Waals surface area contributed by atoms with Crippen molar-refractivity contribution in [1.29, 1.82) is 0 Å². The van der Waals surface area contributed by atoms with Crippen LogP contribution in [0.4, 0.5) is 0 Å². The second kappa shape index (κ2) is 6.91. The molecule has 0 aromatic heterocycles. The van der Waals surface area contributed by atoms with Crippen LogP contribution in [0.25, 0.3) is 0 Å². The molecule has 1 fully saturated rings. The Kier molecular flexibility index (Phi) is 4.96. The number of hydrogen-bond donors (Lipinski definition) is 1. The zero-order valence-corrected chi connectivity index (χ0v) is 12.0. The van der Waals surface area contributed by atoms with Crippen LogP contribution >= 0.6 is 0 Å². The molecule has 1 saturated heterocycles. The fourth-order valence-electron chi connectivity index (χ4n) is 2.28. The molecule has 0 bridgehead atoms. The van der Waals surface area contributed by atoms with Crippen LogP contribution in [-0.4, -0.2) is 59.5 Å². The molecule has 0 unspecified atom stereocenters. The van der Waals surface area contributed by atoms with E-state index in [-0.39, 0.29) is 18.4 Å². The number of aliphatic hydroxyl groups excluding tert-OH is 1. The quantitative estimate of drug-likeness (QED) is 0.757. The first-order valence-corrected chi connectivity index (χ1v) is 6.86. The average molecular weight is 286 g/mol. The van der Waals surface area contributed by atoms with Crippen molar-refractivity contribution in [2.75, 3.05) is 32.8 Å². The Morgan fingerprint density at radius 3 is 2.48 bits per heavy atom. The summed E-state index contributed by atoms with van der Waals surface area (Å²) in [6.07, 6.45) is 0. The minimum Gasteiger partial charge on any atom is -0.384 e. The van der Waals surface area contributed by atoms with Gasteiger partial charge in [-0.3, -0.25) is 9.59 Å². The smallest absolute Gasteiger partial charge is 0.254 e. The maximum Gasteiger partial charge on any atom is 0.254 e. The minimum absolute atomic E-state index is 0.0448. The predicted octanol–water partition coefficient (Wildman–Crippen LogP) is 0.335. The maximum atomic E-state index is 12.4. The van der Waals surface area contributed by atoms with Gasteiger partial charge in [-0.05, 0) is 18.2 Å². The van der Waals surface area contributed by atoms with Crippen molar-refractivity contribution in [3.05, 3.63) is 35.4 Å². The molecule has 1 aromatic carbocycles. The molecule has 0 spiro atoms. The molecule has 0 atom stereocenters. The number of hydrogen-bond acceptors (Lipinski definition) is 3. The molecule has 1 aliphatic heterocycles. The molecule has 5 heteroatoms. The Bertz CT molecular complexity index is 593. The number of amides is 2. The van der Waals surface area contributed by atoms with Gasteiger partial charge < -0.3 is 14.9 Å².